The minimum absolute atomic E-state index is 0.0508. The van der Waals surface area contributed by atoms with E-state index in [0.29, 0.717) is 19.4 Å². The maximum Gasteiger partial charge on any atom is 0.220 e. The summed E-state index contributed by atoms with van der Waals surface area (Å²) in [7, 11) is 1.61. The van der Waals surface area contributed by atoms with Crippen LogP contribution in [0.1, 0.15) is 18.9 Å². The Bertz CT molecular complexity index is 641. The molecular formula is C19H22FNO3. The summed E-state index contributed by atoms with van der Waals surface area (Å²) >= 11 is 0. The number of nitrogens with one attached hydrogen (secondary N) is 1. The molecule has 128 valence electrons. The molecule has 0 fully saturated rings. The van der Waals surface area contributed by atoms with Crippen molar-refractivity contribution in [2.75, 3.05) is 13.7 Å². The second kappa shape index (κ2) is 8.91. The van der Waals surface area contributed by atoms with E-state index >= 15 is 0 Å². The Morgan fingerprint density at radius 2 is 1.71 bits per heavy atom. The molecule has 5 heteroatoms. The van der Waals surface area contributed by atoms with Crippen LogP contribution in [0.3, 0.4) is 0 Å². The largest absolute Gasteiger partial charge is 0.497 e. The number of rotatable bonds is 8. The van der Waals surface area contributed by atoms with Crippen molar-refractivity contribution in [2.24, 2.45) is 0 Å². The molecule has 0 spiro atoms. The van der Waals surface area contributed by atoms with Crippen molar-refractivity contribution >= 4 is 5.91 Å². The SMILES string of the molecule is COc1ccc(OC[C@@H](C)NC(=O)CCc2ccc(F)cc2)cc1. The van der Waals surface area contributed by atoms with Gasteiger partial charge in [0.05, 0.1) is 13.2 Å². The van der Waals surface area contributed by atoms with Crippen LogP contribution in [-0.2, 0) is 11.2 Å². The number of methoxy groups -OCH3 is 1. The molecule has 1 atom stereocenters. The van der Waals surface area contributed by atoms with Crippen LogP contribution in [0.2, 0.25) is 0 Å². The van der Waals surface area contributed by atoms with Crippen LogP contribution in [0.4, 0.5) is 4.39 Å². The summed E-state index contributed by atoms with van der Waals surface area (Å²) < 4.78 is 23.5. The lowest BCUT2D eigenvalue weighted by Crippen LogP contribution is -2.36. The van der Waals surface area contributed by atoms with Crippen molar-refractivity contribution in [1.29, 1.82) is 0 Å². The Morgan fingerprint density at radius 3 is 2.33 bits per heavy atom. The van der Waals surface area contributed by atoms with E-state index in [1.165, 1.54) is 12.1 Å². The van der Waals surface area contributed by atoms with Crippen LogP contribution < -0.4 is 14.8 Å². The zero-order valence-electron chi connectivity index (χ0n) is 13.9. The lowest BCUT2D eigenvalue weighted by molar-refractivity contribution is -0.121. The zero-order valence-corrected chi connectivity index (χ0v) is 13.9. The van der Waals surface area contributed by atoms with E-state index < -0.39 is 0 Å². The van der Waals surface area contributed by atoms with Crippen molar-refractivity contribution in [1.82, 2.24) is 5.32 Å². The molecule has 0 saturated heterocycles. The van der Waals surface area contributed by atoms with Crippen molar-refractivity contribution in [3.05, 3.63) is 59.9 Å². The smallest absolute Gasteiger partial charge is 0.220 e. The maximum atomic E-state index is 12.8. The zero-order chi connectivity index (χ0) is 17.4. The number of carbonyl (C=O) groups is 1. The molecular weight excluding hydrogens is 309 g/mol. The fourth-order valence-corrected chi connectivity index (χ4v) is 2.19. The maximum absolute atomic E-state index is 12.8. The molecule has 24 heavy (non-hydrogen) atoms. The van der Waals surface area contributed by atoms with Crippen molar-refractivity contribution in [3.63, 3.8) is 0 Å². The first-order valence-electron chi connectivity index (χ1n) is 7.87. The van der Waals surface area contributed by atoms with Gasteiger partial charge in [0.1, 0.15) is 23.9 Å². The first-order valence-corrected chi connectivity index (χ1v) is 7.87. The van der Waals surface area contributed by atoms with Gasteiger partial charge in [0.15, 0.2) is 0 Å². The highest BCUT2D eigenvalue weighted by atomic mass is 19.1. The Kier molecular flexibility index (Phi) is 6.61. The summed E-state index contributed by atoms with van der Waals surface area (Å²) in [5.74, 6) is 1.17. The molecule has 2 aromatic rings. The molecule has 0 aliphatic heterocycles. The van der Waals surface area contributed by atoms with E-state index in [9.17, 15) is 9.18 Å². The highest BCUT2D eigenvalue weighted by molar-refractivity contribution is 5.76. The van der Waals surface area contributed by atoms with E-state index in [1.807, 2.05) is 31.2 Å². The van der Waals surface area contributed by atoms with Gasteiger partial charge in [0.25, 0.3) is 0 Å². The molecule has 0 aliphatic rings. The van der Waals surface area contributed by atoms with Gasteiger partial charge in [0, 0.05) is 6.42 Å². The van der Waals surface area contributed by atoms with Crippen LogP contribution in [-0.4, -0.2) is 25.7 Å². The van der Waals surface area contributed by atoms with Gasteiger partial charge >= 0.3 is 0 Å². The summed E-state index contributed by atoms with van der Waals surface area (Å²) in [6.45, 7) is 2.27. The fourth-order valence-electron chi connectivity index (χ4n) is 2.19. The Balaban J connectivity index is 1.69. The summed E-state index contributed by atoms with van der Waals surface area (Å²) in [5, 5.41) is 2.89. The molecule has 2 aromatic carbocycles. The Hall–Kier alpha value is -2.56. The highest BCUT2D eigenvalue weighted by Crippen LogP contribution is 2.17. The summed E-state index contributed by atoms with van der Waals surface area (Å²) in [6.07, 6.45) is 0.941. The van der Waals surface area contributed by atoms with E-state index in [0.717, 1.165) is 17.1 Å². The van der Waals surface area contributed by atoms with E-state index in [1.54, 1.807) is 19.2 Å². The predicted molar refractivity (Wildman–Crippen MR) is 90.8 cm³/mol. The third-order valence-electron chi connectivity index (χ3n) is 3.52. The van der Waals surface area contributed by atoms with Gasteiger partial charge in [-0.05, 0) is 55.3 Å². The second-order valence-electron chi connectivity index (χ2n) is 5.58. The fraction of sp³-hybridized carbons (Fsp3) is 0.316. The predicted octanol–water partition coefficient (Wildman–Crippen LogP) is 3.35. The van der Waals surface area contributed by atoms with Crippen LogP contribution >= 0.6 is 0 Å². The van der Waals surface area contributed by atoms with Gasteiger partial charge in [0.2, 0.25) is 5.91 Å². The summed E-state index contributed by atoms with van der Waals surface area (Å²) in [6, 6.07) is 13.4. The van der Waals surface area contributed by atoms with Gasteiger partial charge in [-0.2, -0.15) is 0 Å². The topological polar surface area (TPSA) is 47.6 Å². The van der Waals surface area contributed by atoms with Crippen molar-refractivity contribution < 1.29 is 18.7 Å². The van der Waals surface area contributed by atoms with E-state index in [4.69, 9.17) is 9.47 Å². The molecule has 0 bridgehead atoms. The summed E-state index contributed by atoms with van der Waals surface area (Å²) in [5.41, 5.74) is 0.939. The van der Waals surface area contributed by atoms with Gasteiger partial charge in [-0.3, -0.25) is 4.79 Å². The van der Waals surface area contributed by atoms with Crippen molar-refractivity contribution in [2.45, 2.75) is 25.8 Å². The number of benzene rings is 2. The Labute approximate surface area is 141 Å². The van der Waals surface area contributed by atoms with Gasteiger partial charge < -0.3 is 14.8 Å². The minimum Gasteiger partial charge on any atom is -0.497 e. The van der Waals surface area contributed by atoms with Crippen LogP contribution in [0.15, 0.2) is 48.5 Å². The lowest BCUT2D eigenvalue weighted by atomic mass is 10.1. The number of aryl methyl sites for hydroxylation is 1. The van der Waals surface area contributed by atoms with Gasteiger partial charge in [-0.1, -0.05) is 12.1 Å². The molecule has 0 heterocycles. The molecule has 0 saturated carbocycles. The van der Waals surface area contributed by atoms with Crippen LogP contribution in [0, 0.1) is 5.82 Å². The number of ether oxygens (including phenoxy) is 2. The third-order valence-corrected chi connectivity index (χ3v) is 3.52. The van der Waals surface area contributed by atoms with Gasteiger partial charge in [-0.15, -0.1) is 0 Å². The third kappa shape index (κ3) is 5.91. The van der Waals surface area contributed by atoms with Crippen LogP contribution in [0.5, 0.6) is 11.5 Å². The molecule has 4 nitrogen and oxygen atoms in total. The van der Waals surface area contributed by atoms with E-state index in [-0.39, 0.29) is 17.8 Å². The van der Waals surface area contributed by atoms with Crippen LogP contribution in [0.25, 0.3) is 0 Å². The quantitative estimate of drug-likeness (QED) is 0.807. The number of halogens is 1. The number of carbonyl (C=O) groups excluding carboxylic acids is 1. The monoisotopic (exact) mass is 331 g/mol. The van der Waals surface area contributed by atoms with Crippen molar-refractivity contribution in [3.8, 4) is 11.5 Å². The summed E-state index contributed by atoms with van der Waals surface area (Å²) in [4.78, 5) is 11.9. The molecule has 2 rings (SSSR count). The number of amides is 1. The molecule has 1 amide bonds. The minimum atomic E-state index is -0.271. The number of hydrogen-bond donors (Lipinski definition) is 1. The highest BCUT2D eigenvalue weighted by Gasteiger charge is 2.08. The average molecular weight is 331 g/mol. The second-order valence-corrected chi connectivity index (χ2v) is 5.58. The molecule has 0 aliphatic carbocycles. The molecule has 1 N–H and O–H groups in total. The lowest BCUT2D eigenvalue weighted by Gasteiger charge is -2.15. The standard InChI is InChI=1S/C19H22FNO3/c1-14(13-24-18-10-8-17(23-2)9-11-18)21-19(22)12-5-15-3-6-16(20)7-4-15/h3-4,6-11,14H,5,12-13H2,1-2H3,(H,21,22)/t14-/m1/s1. The molecule has 0 unspecified atom stereocenters. The van der Waals surface area contributed by atoms with E-state index in [2.05, 4.69) is 5.32 Å². The molecule has 0 radical (unpaired) electrons. The first-order chi connectivity index (χ1) is 11.6. The normalized spacial score (nSPS) is 11.6. The average Bonchev–Trinajstić information content (AvgIpc) is 2.60. The first kappa shape index (κ1) is 17.8. The molecule has 0 aromatic heterocycles. The number of hydrogen-bond acceptors (Lipinski definition) is 3. The Morgan fingerprint density at radius 1 is 1.08 bits per heavy atom. The van der Waals surface area contributed by atoms with Gasteiger partial charge in [-0.25, -0.2) is 4.39 Å².